The molecule has 2 nitrogen and oxygen atoms in total. The summed E-state index contributed by atoms with van der Waals surface area (Å²) >= 11 is 0. The van der Waals surface area contributed by atoms with Crippen LogP contribution in [0.25, 0.3) is 0 Å². The second-order valence-electron chi connectivity index (χ2n) is 2.35. The summed E-state index contributed by atoms with van der Waals surface area (Å²) < 4.78 is 59.9. The minimum atomic E-state index is -6.00. The highest BCUT2D eigenvalue weighted by molar-refractivity contribution is 7.91. The highest BCUT2D eigenvalue weighted by Crippen LogP contribution is 2.08. The molecule has 0 amide bonds. The van der Waals surface area contributed by atoms with Gasteiger partial charge in [0.15, 0.2) is 0 Å². The average Bonchev–Trinajstić information content (AvgIpc) is 2.08. The van der Waals surface area contributed by atoms with E-state index in [9.17, 15) is 25.7 Å². The third-order valence-corrected chi connectivity index (χ3v) is 2.98. The van der Waals surface area contributed by atoms with Gasteiger partial charge in [-0.15, -0.1) is 0 Å². The van der Waals surface area contributed by atoms with Gasteiger partial charge in [-0.3, -0.25) is 0 Å². The minimum Gasteiger partial charge on any atom is -0.418 e. The molecule has 1 fully saturated rings. The molecule has 1 aliphatic rings. The Morgan fingerprint density at radius 2 is 1.17 bits per heavy atom. The van der Waals surface area contributed by atoms with Crippen LogP contribution in [0.1, 0.15) is 12.8 Å². The van der Waals surface area contributed by atoms with Crippen molar-refractivity contribution in [2.45, 2.75) is 12.8 Å². The van der Waals surface area contributed by atoms with Crippen molar-refractivity contribution in [1.82, 2.24) is 0 Å². The molecule has 0 aromatic carbocycles. The fourth-order valence-corrected chi connectivity index (χ4v) is 2.24. The van der Waals surface area contributed by atoms with Gasteiger partial charge in [0.1, 0.15) is 9.84 Å². The van der Waals surface area contributed by atoms with Crippen molar-refractivity contribution in [3.8, 4) is 0 Å². The van der Waals surface area contributed by atoms with Crippen LogP contribution in [-0.2, 0) is 9.84 Å². The largest absolute Gasteiger partial charge is 0.673 e. The van der Waals surface area contributed by atoms with Crippen LogP contribution in [-0.4, -0.2) is 27.2 Å². The summed E-state index contributed by atoms with van der Waals surface area (Å²) in [4.78, 5) is 0. The Labute approximate surface area is 68.0 Å². The SMILES string of the molecule is F[B-](F)(F)F.O=S1(=O)CCCC1. The van der Waals surface area contributed by atoms with Crippen molar-refractivity contribution >= 4 is 17.1 Å². The summed E-state index contributed by atoms with van der Waals surface area (Å²) in [5, 5.41) is 0. The number of hydrogen-bond donors (Lipinski definition) is 0. The van der Waals surface area contributed by atoms with Gasteiger partial charge in [-0.1, -0.05) is 0 Å². The average molecular weight is 207 g/mol. The van der Waals surface area contributed by atoms with Crippen LogP contribution >= 0.6 is 0 Å². The first-order valence-electron chi connectivity index (χ1n) is 3.28. The second kappa shape index (κ2) is 4.11. The van der Waals surface area contributed by atoms with Crippen LogP contribution < -0.4 is 0 Å². The second-order valence-corrected chi connectivity index (χ2v) is 4.66. The Morgan fingerprint density at radius 1 is 0.917 bits per heavy atom. The molecule has 0 bridgehead atoms. The fraction of sp³-hybridized carbons (Fsp3) is 1.00. The molecule has 1 heterocycles. The van der Waals surface area contributed by atoms with E-state index in [1.165, 1.54) is 0 Å². The highest BCUT2D eigenvalue weighted by atomic mass is 32.2. The quantitative estimate of drug-likeness (QED) is 0.445. The van der Waals surface area contributed by atoms with Gasteiger partial charge in [-0.25, -0.2) is 8.42 Å². The van der Waals surface area contributed by atoms with Gasteiger partial charge in [-0.05, 0) is 12.8 Å². The minimum absolute atomic E-state index is 0.424. The predicted molar refractivity (Wildman–Crippen MR) is 38.1 cm³/mol. The fourth-order valence-electron chi connectivity index (χ4n) is 0.746. The molecule has 0 N–H and O–H groups in total. The number of halogens is 4. The molecule has 1 rings (SSSR count). The molecule has 8 heteroatoms. The molecule has 0 aliphatic carbocycles. The van der Waals surface area contributed by atoms with E-state index in [2.05, 4.69) is 0 Å². The molecule has 0 aromatic rings. The lowest BCUT2D eigenvalue weighted by Crippen LogP contribution is -2.02. The van der Waals surface area contributed by atoms with Gasteiger partial charge >= 0.3 is 7.25 Å². The lowest BCUT2D eigenvalue weighted by atomic mass is 10.3. The monoisotopic (exact) mass is 207 g/mol. The van der Waals surface area contributed by atoms with E-state index in [-0.39, 0.29) is 0 Å². The molecule has 0 spiro atoms. The zero-order chi connectivity index (χ0) is 9.83. The maximum Gasteiger partial charge on any atom is 0.673 e. The van der Waals surface area contributed by atoms with Gasteiger partial charge in [-0.2, -0.15) is 0 Å². The summed E-state index contributed by atoms with van der Waals surface area (Å²) in [6, 6.07) is 0. The first kappa shape index (κ1) is 11.7. The Kier molecular flexibility index (Phi) is 4.02. The van der Waals surface area contributed by atoms with E-state index < -0.39 is 17.1 Å². The molecule has 1 aliphatic heterocycles. The Hall–Kier alpha value is -0.265. The lowest BCUT2D eigenvalue weighted by Gasteiger charge is -1.94. The van der Waals surface area contributed by atoms with Crippen molar-refractivity contribution in [3.05, 3.63) is 0 Å². The van der Waals surface area contributed by atoms with Crippen molar-refractivity contribution in [2.24, 2.45) is 0 Å². The molecule has 0 unspecified atom stereocenters. The highest BCUT2D eigenvalue weighted by Gasteiger charge is 2.20. The van der Waals surface area contributed by atoms with Crippen molar-refractivity contribution in [2.75, 3.05) is 11.5 Å². The van der Waals surface area contributed by atoms with E-state index in [1.807, 2.05) is 0 Å². The molecule has 0 aromatic heterocycles. The third kappa shape index (κ3) is 9.73. The van der Waals surface area contributed by atoms with Crippen molar-refractivity contribution in [3.63, 3.8) is 0 Å². The van der Waals surface area contributed by atoms with Gasteiger partial charge in [0, 0.05) is 0 Å². The van der Waals surface area contributed by atoms with Gasteiger partial charge in [0.2, 0.25) is 0 Å². The van der Waals surface area contributed by atoms with Crippen LogP contribution in [0.3, 0.4) is 0 Å². The maximum atomic E-state index is 10.4. The maximum absolute atomic E-state index is 10.4. The smallest absolute Gasteiger partial charge is 0.418 e. The summed E-state index contributed by atoms with van der Waals surface area (Å²) in [7, 11) is -8.55. The summed E-state index contributed by atoms with van der Waals surface area (Å²) in [6.45, 7) is 0. The molecular weight excluding hydrogens is 199 g/mol. The summed E-state index contributed by atoms with van der Waals surface area (Å²) in [6.07, 6.45) is 1.75. The summed E-state index contributed by atoms with van der Waals surface area (Å²) in [5.41, 5.74) is 0. The van der Waals surface area contributed by atoms with Crippen LogP contribution in [0.2, 0.25) is 0 Å². The predicted octanol–water partition coefficient (Wildman–Crippen LogP) is 1.50. The van der Waals surface area contributed by atoms with E-state index in [1.54, 1.807) is 0 Å². The van der Waals surface area contributed by atoms with Crippen LogP contribution in [0.5, 0.6) is 0 Å². The molecule has 0 radical (unpaired) electrons. The van der Waals surface area contributed by atoms with E-state index in [4.69, 9.17) is 0 Å². The van der Waals surface area contributed by atoms with E-state index in [0.717, 1.165) is 12.8 Å². The zero-order valence-corrected chi connectivity index (χ0v) is 6.96. The van der Waals surface area contributed by atoms with Gasteiger partial charge in [0.25, 0.3) is 0 Å². The number of hydrogen-bond acceptors (Lipinski definition) is 2. The Morgan fingerprint density at radius 3 is 1.25 bits per heavy atom. The van der Waals surface area contributed by atoms with Crippen molar-refractivity contribution < 1.29 is 25.7 Å². The molecule has 0 saturated carbocycles. The summed E-state index contributed by atoms with van der Waals surface area (Å²) in [5.74, 6) is 0.847. The molecular formula is C4H8BF4O2S-. The molecule has 0 atom stereocenters. The normalized spacial score (nSPS) is 21.3. The number of rotatable bonds is 0. The van der Waals surface area contributed by atoms with Gasteiger partial charge in [0.05, 0.1) is 11.5 Å². The van der Waals surface area contributed by atoms with Crippen LogP contribution in [0.15, 0.2) is 0 Å². The molecule has 1 saturated heterocycles. The molecule has 74 valence electrons. The van der Waals surface area contributed by atoms with Crippen molar-refractivity contribution in [1.29, 1.82) is 0 Å². The number of sulfone groups is 1. The Balaban J connectivity index is 0.000000217. The van der Waals surface area contributed by atoms with Crippen LogP contribution in [0.4, 0.5) is 17.3 Å². The Bertz CT molecular complexity index is 204. The first-order chi connectivity index (χ1) is 5.21. The molecule has 12 heavy (non-hydrogen) atoms. The first-order valence-corrected chi connectivity index (χ1v) is 5.10. The zero-order valence-electron chi connectivity index (χ0n) is 6.14. The van der Waals surface area contributed by atoms with Crippen LogP contribution in [0, 0.1) is 0 Å². The topological polar surface area (TPSA) is 34.1 Å². The van der Waals surface area contributed by atoms with E-state index in [0.29, 0.717) is 11.5 Å². The standard InChI is InChI=1S/C4H8O2S.BF4/c5-7(6)3-1-2-4-7;2-1(3,4)5/h1-4H2;/q;-1. The lowest BCUT2D eigenvalue weighted by molar-refractivity contribution is 0.368. The van der Waals surface area contributed by atoms with E-state index >= 15 is 0 Å². The van der Waals surface area contributed by atoms with Gasteiger partial charge < -0.3 is 17.3 Å². The third-order valence-electron chi connectivity index (χ3n) is 1.16.